The van der Waals surface area contributed by atoms with Crippen molar-refractivity contribution in [2.45, 2.75) is 83.7 Å². The van der Waals surface area contributed by atoms with E-state index in [0.29, 0.717) is 12.3 Å². The molecule has 0 spiro atoms. The minimum Gasteiger partial charge on any atom is -0.396 e. The molecule has 0 bridgehead atoms. The van der Waals surface area contributed by atoms with Crippen LogP contribution in [0.5, 0.6) is 0 Å². The van der Waals surface area contributed by atoms with Crippen molar-refractivity contribution in [2.75, 3.05) is 6.61 Å². The van der Waals surface area contributed by atoms with Crippen molar-refractivity contribution in [1.82, 2.24) is 10.6 Å². The molecule has 2 fully saturated rings. The summed E-state index contributed by atoms with van der Waals surface area (Å²) in [7, 11) is 0. The SMILES string of the molecule is CC(CO)C(C)NC(=O)C1CCC(NC(=O)CC2CCCC2)CC1. The third-order valence-corrected chi connectivity index (χ3v) is 5.92. The summed E-state index contributed by atoms with van der Waals surface area (Å²) in [5.41, 5.74) is 0. The van der Waals surface area contributed by atoms with Gasteiger partial charge in [-0.05, 0) is 57.3 Å². The van der Waals surface area contributed by atoms with Crippen LogP contribution in [0.15, 0.2) is 0 Å². The normalized spacial score (nSPS) is 27.5. The molecule has 2 aliphatic rings. The van der Waals surface area contributed by atoms with E-state index < -0.39 is 0 Å². The number of aliphatic hydroxyl groups excluding tert-OH is 1. The molecule has 0 heterocycles. The van der Waals surface area contributed by atoms with Crippen LogP contribution in [0.25, 0.3) is 0 Å². The van der Waals surface area contributed by atoms with Crippen molar-refractivity contribution in [2.24, 2.45) is 17.8 Å². The Labute approximate surface area is 146 Å². The Kier molecular flexibility index (Phi) is 7.53. The highest BCUT2D eigenvalue weighted by Crippen LogP contribution is 2.28. The molecule has 5 heteroatoms. The van der Waals surface area contributed by atoms with Gasteiger partial charge in [-0.3, -0.25) is 9.59 Å². The first-order valence-corrected chi connectivity index (χ1v) is 9.70. The summed E-state index contributed by atoms with van der Waals surface area (Å²) in [5.74, 6) is 0.988. The Bertz CT molecular complexity index is 413. The number of amides is 2. The van der Waals surface area contributed by atoms with Gasteiger partial charge in [0.1, 0.15) is 0 Å². The molecule has 0 saturated heterocycles. The van der Waals surface area contributed by atoms with Crippen LogP contribution in [-0.2, 0) is 9.59 Å². The third kappa shape index (κ3) is 5.76. The first kappa shape index (κ1) is 19.2. The number of aliphatic hydroxyl groups is 1. The van der Waals surface area contributed by atoms with Gasteiger partial charge in [0.15, 0.2) is 0 Å². The molecule has 0 aromatic heterocycles. The molecule has 2 atom stereocenters. The number of hydrogen-bond acceptors (Lipinski definition) is 3. The van der Waals surface area contributed by atoms with Crippen molar-refractivity contribution in [1.29, 1.82) is 0 Å². The molecule has 2 rings (SSSR count). The maximum Gasteiger partial charge on any atom is 0.223 e. The lowest BCUT2D eigenvalue weighted by Crippen LogP contribution is -2.44. The molecule has 2 unspecified atom stereocenters. The molecular weight excluding hydrogens is 304 g/mol. The van der Waals surface area contributed by atoms with E-state index in [-0.39, 0.29) is 42.3 Å². The minimum absolute atomic E-state index is 0.00802. The second-order valence-corrected chi connectivity index (χ2v) is 7.93. The second kappa shape index (κ2) is 9.40. The topological polar surface area (TPSA) is 78.4 Å². The Hall–Kier alpha value is -1.10. The zero-order valence-electron chi connectivity index (χ0n) is 15.2. The van der Waals surface area contributed by atoms with Crippen LogP contribution in [0.1, 0.15) is 71.6 Å². The lowest BCUT2D eigenvalue weighted by molar-refractivity contribution is -0.127. The van der Waals surface area contributed by atoms with Crippen molar-refractivity contribution < 1.29 is 14.7 Å². The maximum absolute atomic E-state index is 12.3. The van der Waals surface area contributed by atoms with Gasteiger partial charge in [0.25, 0.3) is 0 Å². The fourth-order valence-electron chi connectivity index (χ4n) is 3.91. The Morgan fingerprint density at radius 1 is 1.04 bits per heavy atom. The molecule has 138 valence electrons. The van der Waals surface area contributed by atoms with Gasteiger partial charge in [-0.1, -0.05) is 19.8 Å². The molecule has 0 aromatic rings. The van der Waals surface area contributed by atoms with Gasteiger partial charge in [-0.15, -0.1) is 0 Å². The zero-order valence-corrected chi connectivity index (χ0v) is 15.2. The van der Waals surface area contributed by atoms with Crippen molar-refractivity contribution in [3.8, 4) is 0 Å². The summed E-state index contributed by atoms with van der Waals surface area (Å²) < 4.78 is 0. The Balaban J connectivity index is 1.67. The van der Waals surface area contributed by atoms with Gasteiger partial charge < -0.3 is 15.7 Å². The monoisotopic (exact) mass is 338 g/mol. The summed E-state index contributed by atoms with van der Waals surface area (Å²) in [4.78, 5) is 24.4. The first-order valence-electron chi connectivity index (χ1n) is 9.70. The molecule has 0 radical (unpaired) electrons. The molecule has 0 aromatic carbocycles. The van der Waals surface area contributed by atoms with Crippen molar-refractivity contribution in [3.05, 3.63) is 0 Å². The molecule has 0 aliphatic heterocycles. The van der Waals surface area contributed by atoms with E-state index in [1.807, 2.05) is 13.8 Å². The van der Waals surface area contributed by atoms with Gasteiger partial charge in [-0.2, -0.15) is 0 Å². The Morgan fingerprint density at radius 3 is 2.25 bits per heavy atom. The number of rotatable bonds is 7. The van der Waals surface area contributed by atoms with Gasteiger partial charge in [0.05, 0.1) is 0 Å². The number of carbonyl (C=O) groups is 2. The van der Waals surface area contributed by atoms with E-state index in [1.165, 1.54) is 25.7 Å². The van der Waals surface area contributed by atoms with E-state index in [0.717, 1.165) is 25.7 Å². The zero-order chi connectivity index (χ0) is 17.5. The van der Waals surface area contributed by atoms with Gasteiger partial charge in [-0.25, -0.2) is 0 Å². The Morgan fingerprint density at radius 2 is 1.67 bits per heavy atom. The van der Waals surface area contributed by atoms with Gasteiger partial charge >= 0.3 is 0 Å². The molecule has 2 saturated carbocycles. The second-order valence-electron chi connectivity index (χ2n) is 7.93. The van der Waals surface area contributed by atoms with Crippen molar-refractivity contribution >= 4 is 11.8 Å². The summed E-state index contributed by atoms with van der Waals surface area (Å²) in [6, 6.07) is 0.225. The lowest BCUT2D eigenvalue weighted by atomic mass is 9.85. The predicted molar refractivity (Wildman–Crippen MR) is 94.3 cm³/mol. The lowest BCUT2D eigenvalue weighted by Gasteiger charge is -2.30. The minimum atomic E-state index is -0.00802. The van der Waals surface area contributed by atoms with Crippen LogP contribution in [0.3, 0.4) is 0 Å². The smallest absolute Gasteiger partial charge is 0.223 e. The fourth-order valence-corrected chi connectivity index (χ4v) is 3.91. The van der Waals surface area contributed by atoms with Crippen LogP contribution in [0, 0.1) is 17.8 Å². The number of nitrogens with one attached hydrogen (secondary N) is 2. The van der Waals surface area contributed by atoms with Crippen LogP contribution in [-0.4, -0.2) is 35.6 Å². The van der Waals surface area contributed by atoms with E-state index in [2.05, 4.69) is 10.6 Å². The molecular formula is C19H34N2O3. The standard InChI is InChI=1S/C19H34N2O3/c1-13(12-22)14(2)20-19(24)16-7-9-17(10-8-16)21-18(23)11-15-5-3-4-6-15/h13-17,22H,3-12H2,1-2H3,(H,20,24)(H,21,23). The highest BCUT2D eigenvalue weighted by Gasteiger charge is 2.29. The summed E-state index contributed by atoms with van der Waals surface area (Å²) in [5, 5.41) is 15.3. The van der Waals surface area contributed by atoms with E-state index in [4.69, 9.17) is 5.11 Å². The first-order chi connectivity index (χ1) is 11.5. The molecule has 3 N–H and O–H groups in total. The molecule has 2 amide bonds. The number of carbonyl (C=O) groups excluding carboxylic acids is 2. The molecule has 5 nitrogen and oxygen atoms in total. The average molecular weight is 338 g/mol. The van der Waals surface area contributed by atoms with Gasteiger partial charge in [0, 0.05) is 31.0 Å². The fraction of sp³-hybridized carbons (Fsp3) is 0.895. The highest BCUT2D eigenvalue weighted by molar-refractivity contribution is 5.79. The quantitative estimate of drug-likeness (QED) is 0.667. The summed E-state index contributed by atoms with van der Waals surface area (Å²) >= 11 is 0. The van der Waals surface area contributed by atoms with E-state index in [1.54, 1.807) is 0 Å². The van der Waals surface area contributed by atoms with Crippen LogP contribution in [0.2, 0.25) is 0 Å². The van der Waals surface area contributed by atoms with Crippen LogP contribution >= 0.6 is 0 Å². The van der Waals surface area contributed by atoms with E-state index in [9.17, 15) is 9.59 Å². The molecule has 2 aliphatic carbocycles. The third-order valence-electron chi connectivity index (χ3n) is 5.92. The van der Waals surface area contributed by atoms with Crippen LogP contribution in [0.4, 0.5) is 0 Å². The van der Waals surface area contributed by atoms with Crippen LogP contribution < -0.4 is 10.6 Å². The maximum atomic E-state index is 12.3. The highest BCUT2D eigenvalue weighted by atomic mass is 16.3. The van der Waals surface area contributed by atoms with Crippen molar-refractivity contribution in [3.63, 3.8) is 0 Å². The summed E-state index contributed by atoms with van der Waals surface area (Å²) in [6.07, 6.45) is 9.06. The van der Waals surface area contributed by atoms with Gasteiger partial charge in [0.2, 0.25) is 11.8 Å². The molecule has 24 heavy (non-hydrogen) atoms. The van der Waals surface area contributed by atoms with E-state index >= 15 is 0 Å². The number of hydrogen-bond donors (Lipinski definition) is 3. The predicted octanol–water partition coefficient (Wildman–Crippen LogP) is 2.37. The average Bonchev–Trinajstić information content (AvgIpc) is 3.07. The largest absolute Gasteiger partial charge is 0.396 e. The summed E-state index contributed by atoms with van der Waals surface area (Å²) in [6.45, 7) is 3.95.